The molecule has 0 spiro atoms. The minimum atomic E-state index is -0.265. The first-order valence-corrected chi connectivity index (χ1v) is 8.67. The zero-order chi connectivity index (χ0) is 16.9. The predicted molar refractivity (Wildman–Crippen MR) is 96.3 cm³/mol. The Balaban J connectivity index is 1.68. The zero-order valence-electron chi connectivity index (χ0n) is 13.4. The van der Waals surface area contributed by atoms with E-state index in [9.17, 15) is 4.79 Å². The number of amides is 1. The van der Waals surface area contributed by atoms with E-state index in [1.54, 1.807) is 13.0 Å². The molecule has 2 heterocycles. The van der Waals surface area contributed by atoms with Crippen molar-refractivity contribution in [3.63, 3.8) is 0 Å². The van der Waals surface area contributed by atoms with Crippen LogP contribution in [0, 0.1) is 6.92 Å². The number of hydrogen-bond donors (Lipinski definition) is 2. The molecule has 1 aliphatic heterocycles. The monoisotopic (exact) mass is 390 g/mol. The Labute approximate surface area is 149 Å². The molecule has 1 aromatic carbocycles. The molecule has 1 unspecified atom stereocenters. The van der Waals surface area contributed by atoms with Crippen LogP contribution in [0.5, 0.6) is 0 Å². The number of carbonyl (C=O) groups excluding carboxylic acids is 1. The molecule has 1 saturated heterocycles. The maximum absolute atomic E-state index is 12.4. The molecule has 3 rings (SSSR count). The van der Waals surface area contributed by atoms with Gasteiger partial charge in [-0.25, -0.2) is 9.97 Å². The lowest BCUT2D eigenvalue weighted by atomic mass is 10.2. The fourth-order valence-corrected chi connectivity index (χ4v) is 2.96. The van der Waals surface area contributed by atoms with Gasteiger partial charge >= 0.3 is 0 Å². The fraction of sp³-hybridized carbons (Fsp3) is 0.353. The number of aromatic nitrogens is 2. The van der Waals surface area contributed by atoms with Crippen LogP contribution in [-0.2, 0) is 4.74 Å². The molecule has 0 radical (unpaired) electrons. The Hall–Kier alpha value is -1.99. The Morgan fingerprint density at radius 1 is 1.38 bits per heavy atom. The van der Waals surface area contributed by atoms with Crippen molar-refractivity contribution in [2.24, 2.45) is 0 Å². The van der Waals surface area contributed by atoms with Crippen LogP contribution in [-0.4, -0.2) is 35.1 Å². The Morgan fingerprint density at radius 2 is 2.25 bits per heavy atom. The van der Waals surface area contributed by atoms with Crippen LogP contribution in [0.15, 0.2) is 34.8 Å². The average Bonchev–Trinajstić information content (AvgIpc) is 3.06. The van der Waals surface area contributed by atoms with Gasteiger partial charge in [0, 0.05) is 29.4 Å². The van der Waals surface area contributed by atoms with E-state index in [0.717, 1.165) is 23.9 Å². The van der Waals surface area contributed by atoms with Crippen molar-refractivity contribution in [1.29, 1.82) is 0 Å². The molecular weight excluding hydrogens is 372 g/mol. The molecule has 0 bridgehead atoms. The van der Waals surface area contributed by atoms with Gasteiger partial charge in [-0.1, -0.05) is 22.0 Å². The standard InChI is InChI=1S/C17H19BrN4O2/c1-11-20-15(17(23)22-13-5-2-4-12(18)8-13)9-16(21-11)19-10-14-6-3-7-24-14/h2,4-5,8-9,14H,3,6-7,10H2,1H3,(H,22,23)(H,19,20,21). The van der Waals surface area contributed by atoms with E-state index in [1.165, 1.54) is 0 Å². The number of benzene rings is 1. The van der Waals surface area contributed by atoms with Gasteiger partial charge in [0.1, 0.15) is 17.3 Å². The number of carbonyl (C=O) groups is 1. The second-order valence-corrected chi connectivity index (χ2v) is 6.58. The van der Waals surface area contributed by atoms with Gasteiger partial charge in [0.15, 0.2) is 0 Å². The van der Waals surface area contributed by atoms with Crippen molar-refractivity contribution in [3.05, 3.63) is 46.3 Å². The maximum atomic E-state index is 12.4. The molecule has 2 aromatic rings. The third-order valence-corrected chi connectivity index (χ3v) is 4.18. The summed E-state index contributed by atoms with van der Waals surface area (Å²) in [5.41, 5.74) is 1.04. The number of nitrogens with one attached hydrogen (secondary N) is 2. The normalized spacial score (nSPS) is 16.8. The van der Waals surface area contributed by atoms with E-state index in [-0.39, 0.29) is 12.0 Å². The number of rotatable bonds is 5. The molecular formula is C17H19BrN4O2. The van der Waals surface area contributed by atoms with Gasteiger partial charge in [-0.15, -0.1) is 0 Å². The summed E-state index contributed by atoms with van der Waals surface area (Å²) in [5.74, 6) is 0.919. The highest BCUT2D eigenvalue weighted by molar-refractivity contribution is 9.10. The first kappa shape index (κ1) is 16.9. The number of nitrogens with zero attached hydrogens (tertiary/aromatic N) is 2. The van der Waals surface area contributed by atoms with Crippen LogP contribution in [0.2, 0.25) is 0 Å². The minimum Gasteiger partial charge on any atom is -0.376 e. The van der Waals surface area contributed by atoms with E-state index in [1.807, 2.05) is 24.3 Å². The van der Waals surface area contributed by atoms with Crippen LogP contribution in [0.25, 0.3) is 0 Å². The molecule has 0 aliphatic carbocycles. The lowest BCUT2D eigenvalue weighted by Gasteiger charge is -2.12. The number of hydrogen-bond acceptors (Lipinski definition) is 5. The SMILES string of the molecule is Cc1nc(NCC2CCCO2)cc(C(=O)Nc2cccc(Br)c2)n1. The van der Waals surface area contributed by atoms with E-state index < -0.39 is 0 Å². The lowest BCUT2D eigenvalue weighted by Crippen LogP contribution is -2.20. The summed E-state index contributed by atoms with van der Waals surface area (Å²) in [4.78, 5) is 21.0. The molecule has 1 fully saturated rings. The lowest BCUT2D eigenvalue weighted by molar-refractivity contribution is 0.102. The fourth-order valence-electron chi connectivity index (χ4n) is 2.56. The highest BCUT2D eigenvalue weighted by atomic mass is 79.9. The van der Waals surface area contributed by atoms with Gasteiger partial charge in [0.05, 0.1) is 6.10 Å². The summed E-state index contributed by atoms with van der Waals surface area (Å²) in [5, 5.41) is 6.07. The van der Waals surface area contributed by atoms with E-state index in [2.05, 4.69) is 36.5 Å². The van der Waals surface area contributed by atoms with Crippen molar-refractivity contribution in [3.8, 4) is 0 Å². The molecule has 1 amide bonds. The third-order valence-electron chi connectivity index (χ3n) is 3.69. The first-order chi connectivity index (χ1) is 11.6. The molecule has 7 heteroatoms. The van der Waals surface area contributed by atoms with Crippen LogP contribution in [0.1, 0.15) is 29.2 Å². The van der Waals surface area contributed by atoms with E-state index in [0.29, 0.717) is 29.6 Å². The quantitative estimate of drug-likeness (QED) is 0.817. The number of aryl methyl sites for hydroxylation is 1. The van der Waals surface area contributed by atoms with Gasteiger partial charge in [-0.3, -0.25) is 4.79 Å². The van der Waals surface area contributed by atoms with Crippen LogP contribution in [0.4, 0.5) is 11.5 Å². The Bertz CT molecular complexity index is 732. The largest absolute Gasteiger partial charge is 0.376 e. The average molecular weight is 391 g/mol. The summed E-state index contributed by atoms with van der Waals surface area (Å²) in [6.45, 7) is 3.27. The summed E-state index contributed by atoms with van der Waals surface area (Å²) >= 11 is 3.39. The highest BCUT2D eigenvalue weighted by Gasteiger charge is 2.16. The second kappa shape index (κ2) is 7.72. The van der Waals surface area contributed by atoms with Gasteiger partial charge in [-0.2, -0.15) is 0 Å². The van der Waals surface area contributed by atoms with Crippen molar-refractivity contribution < 1.29 is 9.53 Å². The van der Waals surface area contributed by atoms with E-state index >= 15 is 0 Å². The maximum Gasteiger partial charge on any atom is 0.274 e. The number of ether oxygens (including phenoxy) is 1. The molecule has 0 saturated carbocycles. The second-order valence-electron chi connectivity index (χ2n) is 5.67. The molecule has 1 atom stereocenters. The highest BCUT2D eigenvalue weighted by Crippen LogP contribution is 2.17. The molecule has 1 aliphatic rings. The summed E-state index contributed by atoms with van der Waals surface area (Å²) in [6.07, 6.45) is 2.35. The van der Waals surface area contributed by atoms with E-state index in [4.69, 9.17) is 4.74 Å². The van der Waals surface area contributed by atoms with Crippen molar-refractivity contribution in [2.75, 3.05) is 23.8 Å². The Morgan fingerprint density at radius 3 is 3.00 bits per heavy atom. The smallest absolute Gasteiger partial charge is 0.274 e. The van der Waals surface area contributed by atoms with Gasteiger partial charge in [0.2, 0.25) is 0 Å². The molecule has 24 heavy (non-hydrogen) atoms. The summed E-state index contributed by atoms with van der Waals surface area (Å²) < 4.78 is 6.48. The zero-order valence-corrected chi connectivity index (χ0v) is 15.0. The predicted octanol–water partition coefficient (Wildman–Crippen LogP) is 3.39. The van der Waals surface area contributed by atoms with Crippen molar-refractivity contribution in [2.45, 2.75) is 25.9 Å². The minimum absolute atomic E-state index is 0.208. The van der Waals surface area contributed by atoms with Crippen LogP contribution in [0.3, 0.4) is 0 Å². The molecule has 2 N–H and O–H groups in total. The van der Waals surface area contributed by atoms with Crippen LogP contribution < -0.4 is 10.6 Å². The third kappa shape index (κ3) is 4.52. The van der Waals surface area contributed by atoms with Crippen LogP contribution >= 0.6 is 15.9 Å². The first-order valence-electron chi connectivity index (χ1n) is 7.88. The molecule has 1 aromatic heterocycles. The number of halogens is 1. The Kier molecular flexibility index (Phi) is 5.42. The van der Waals surface area contributed by atoms with Gasteiger partial charge < -0.3 is 15.4 Å². The van der Waals surface area contributed by atoms with Crippen molar-refractivity contribution >= 4 is 33.3 Å². The molecule has 126 valence electrons. The summed E-state index contributed by atoms with van der Waals surface area (Å²) in [7, 11) is 0. The van der Waals surface area contributed by atoms with Crippen molar-refractivity contribution in [1.82, 2.24) is 9.97 Å². The topological polar surface area (TPSA) is 76.1 Å². The van der Waals surface area contributed by atoms with Gasteiger partial charge in [-0.05, 0) is 38.0 Å². The summed E-state index contributed by atoms with van der Waals surface area (Å²) in [6, 6.07) is 9.09. The molecule has 6 nitrogen and oxygen atoms in total. The number of anilines is 2. The van der Waals surface area contributed by atoms with Gasteiger partial charge in [0.25, 0.3) is 5.91 Å².